The molecule has 2 rings (SSSR count). The first-order valence-corrected chi connectivity index (χ1v) is 21.4. The van der Waals surface area contributed by atoms with Crippen LogP contribution in [0.5, 0.6) is 0 Å². The molecular weight excluding hydrogens is 709 g/mol. The maximum Gasteiger partial charge on any atom is 0.407 e. The van der Waals surface area contributed by atoms with E-state index in [1.807, 2.05) is 18.2 Å². The third kappa shape index (κ3) is 25.6. The van der Waals surface area contributed by atoms with Crippen molar-refractivity contribution in [1.82, 2.24) is 10.2 Å². The van der Waals surface area contributed by atoms with E-state index >= 15 is 0 Å². The van der Waals surface area contributed by atoms with Gasteiger partial charge in [0.25, 0.3) is 0 Å². The lowest BCUT2D eigenvalue weighted by Crippen LogP contribution is -2.35. The molecule has 1 aromatic carbocycles. The predicted octanol–water partition coefficient (Wildman–Crippen LogP) is 9.20. The number of nitrogens with zero attached hydrogens (tertiary/aromatic N) is 1. The fourth-order valence-electron chi connectivity index (χ4n) is 6.15. The van der Waals surface area contributed by atoms with Crippen LogP contribution in [0.1, 0.15) is 159 Å². The molecule has 1 N–H and O–H groups in total. The molecule has 1 aliphatic heterocycles. The Labute approximate surface area is 338 Å². The minimum Gasteiger partial charge on any atom is -0.461 e. The van der Waals surface area contributed by atoms with Crippen molar-refractivity contribution in [2.45, 2.75) is 168 Å². The maximum atomic E-state index is 12.8. The standard InChI is InChI=1S/C46H71N2O8/c1-5-8-11-14-16-21-32-52-45(53-33-22-17-15-12-9-6-2)27-26-44(50)55-38-41-35-39(4)34-40(36-41)37-54-43(49)25-24-42(23-18-13-10-7-3)56-46(51)47-28-31-48-29-19-20-30-48/h34-36,42,45H,4-13,18-33,37-38H2,1-3H3,(H,47,51). The van der Waals surface area contributed by atoms with Crippen LogP contribution in [0.2, 0.25) is 0 Å². The highest BCUT2D eigenvalue weighted by Gasteiger charge is 2.18. The molecule has 1 atom stereocenters. The van der Waals surface area contributed by atoms with Gasteiger partial charge in [-0.05, 0) is 87.7 Å². The average molecular weight is 780 g/mol. The van der Waals surface area contributed by atoms with Gasteiger partial charge in [-0.3, -0.25) is 9.59 Å². The van der Waals surface area contributed by atoms with Gasteiger partial charge in [0, 0.05) is 51.6 Å². The van der Waals surface area contributed by atoms with Crippen LogP contribution < -0.4 is 5.32 Å². The monoisotopic (exact) mass is 780 g/mol. The zero-order valence-electron chi connectivity index (χ0n) is 34.9. The number of unbranched alkanes of at least 4 members (excludes halogenated alkanes) is 7. The van der Waals surface area contributed by atoms with Gasteiger partial charge in [-0.2, -0.15) is 0 Å². The van der Waals surface area contributed by atoms with Crippen LogP contribution in [0.4, 0.5) is 4.79 Å². The largest absolute Gasteiger partial charge is 0.461 e. The molecule has 0 aromatic heterocycles. The van der Waals surface area contributed by atoms with Crippen LogP contribution >= 0.6 is 0 Å². The van der Waals surface area contributed by atoms with Crippen LogP contribution in [-0.4, -0.2) is 74.7 Å². The second kappa shape index (κ2) is 32.5. The van der Waals surface area contributed by atoms with Gasteiger partial charge in [0.15, 0.2) is 6.29 Å². The average Bonchev–Trinajstić information content (AvgIpc) is 3.71. The molecule has 0 bridgehead atoms. The lowest BCUT2D eigenvalue weighted by Gasteiger charge is -2.19. The predicted molar refractivity (Wildman–Crippen MR) is 221 cm³/mol. The number of hydrogen-bond donors (Lipinski definition) is 1. The van der Waals surface area contributed by atoms with Gasteiger partial charge in [0.2, 0.25) is 0 Å². The van der Waals surface area contributed by atoms with E-state index in [0.29, 0.717) is 51.9 Å². The molecule has 1 amide bonds. The molecule has 0 saturated carbocycles. The van der Waals surface area contributed by atoms with Crippen LogP contribution in [0, 0.1) is 30.6 Å². The van der Waals surface area contributed by atoms with E-state index < -0.39 is 12.4 Å². The number of ether oxygens (including phenoxy) is 5. The summed E-state index contributed by atoms with van der Waals surface area (Å²) in [4.78, 5) is 40.4. The molecule has 56 heavy (non-hydrogen) atoms. The fraction of sp³-hybridized carbons (Fsp3) is 0.696. The summed E-state index contributed by atoms with van der Waals surface area (Å²) >= 11 is 0. The number of hydrogen-bond acceptors (Lipinski definition) is 9. The van der Waals surface area contributed by atoms with Crippen LogP contribution in [-0.2, 0) is 46.5 Å². The fourth-order valence-corrected chi connectivity index (χ4v) is 6.15. The molecule has 1 fully saturated rings. The maximum absolute atomic E-state index is 12.8. The summed E-state index contributed by atoms with van der Waals surface area (Å²) in [6.07, 6.45) is 14.5. The Morgan fingerprint density at radius 2 is 1.27 bits per heavy atom. The first-order valence-electron chi connectivity index (χ1n) is 21.4. The SMILES string of the molecule is [CH2]c1cc(COC(=O)CCC(CCCCCC)OC(=O)NCCN2CCCC2)cc(COC(=O)CCC(OCCC#CCCCC)OCCC#CCCCC)c1. The van der Waals surface area contributed by atoms with Crippen LogP contribution in [0.25, 0.3) is 0 Å². The topological polar surface area (TPSA) is 113 Å². The second-order valence-corrected chi connectivity index (χ2v) is 14.5. The van der Waals surface area contributed by atoms with E-state index in [2.05, 4.69) is 61.6 Å². The van der Waals surface area contributed by atoms with Gasteiger partial charge in [-0.25, -0.2) is 4.79 Å². The molecule has 10 nitrogen and oxygen atoms in total. The van der Waals surface area contributed by atoms with Crippen LogP contribution in [0.3, 0.4) is 0 Å². The number of esters is 2. The molecule has 1 saturated heterocycles. The number of carbonyl (C=O) groups excluding carboxylic acids is 3. The van der Waals surface area contributed by atoms with Crippen LogP contribution in [0.15, 0.2) is 18.2 Å². The number of amides is 1. The molecule has 1 radical (unpaired) electrons. The van der Waals surface area contributed by atoms with Gasteiger partial charge in [-0.15, -0.1) is 23.7 Å². The number of carbonyl (C=O) groups is 3. The summed E-state index contributed by atoms with van der Waals surface area (Å²) in [7, 11) is 0. The normalized spacial score (nSPS) is 13.0. The Morgan fingerprint density at radius 3 is 1.84 bits per heavy atom. The highest BCUT2D eigenvalue weighted by Crippen LogP contribution is 2.17. The zero-order valence-corrected chi connectivity index (χ0v) is 34.9. The smallest absolute Gasteiger partial charge is 0.407 e. The van der Waals surface area contributed by atoms with Crippen molar-refractivity contribution in [2.24, 2.45) is 0 Å². The summed E-state index contributed by atoms with van der Waals surface area (Å²) < 4.78 is 28.8. The van der Waals surface area contributed by atoms with Crippen molar-refractivity contribution in [1.29, 1.82) is 0 Å². The third-order valence-electron chi connectivity index (χ3n) is 9.34. The number of nitrogens with one attached hydrogen (secondary N) is 1. The van der Waals surface area contributed by atoms with E-state index in [1.54, 1.807) is 0 Å². The number of rotatable bonds is 29. The summed E-state index contributed by atoms with van der Waals surface area (Å²) in [5, 5.41) is 2.87. The molecule has 0 aliphatic carbocycles. The molecular formula is C46H71N2O8. The first kappa shape index (κ1) is 48.6. The summed E-state index contributed by atoms with van der Waals surface area (Å²) in [5.74, 6) is 11.9. The van der Waals surface area contributed by atoms with Crippen molar-refractivity contribution in [3.8, 4) is 23.7 Å². The quantitative estimate of drug-likeness (QED) is 0.0280. The van der Waals surface area contributed by atoms with Gasteiger partial charge < -0.3 is 33.9 Å². The van der Waals surface area contributed by atoms with Gasteiger partial charge >= 0.3 is 18.0 Å². The molecule has 313 valence electrons. The van der Waals surface area contributed by atoms with Crippen molar-refractivity contribution in [2.75, 3.05) is 39.4 Å². The van der Waals surface area contributed by atoms with Gasteiger partial charge in [-0.1, -0.05) is 65.0 Å². The van der Waals surface area contributed by atoms with E-state index in [-0.39, 0.29) is 44.1 Å². The summed E-state index contributed by atoms with van der Waals surface area (Å²) in [5.41, 5.74) is 2.22. The Balaban J connectivity index is 1.80. The van der Waals surface area contributed by atoms with Crippen molar-refractivity contribution in [3.05, 3.63) is 41.8 Å². The van der Waals surface area contributed by atoms with Crippen molar-refractivity contribution < 1.29 is 38.1 Å². The van der Waals surface area contributed by atoms with E-state index in [9.17, 15) is 14.4 Å². The Morgan fingerprint density at radius 1 is 0.714 bits per heavy atom. The minimum atomic E-state index is -0.549. The van der Waals surface area contributed by atoms with Gasteiger partial charge in [0.1, 0.15) is 19.3 Å². The Hall–Kier alpha value is -3.57. The third-order valence-corrected chi connectivity index (χ3v) is 9.34. The zero-order chi connectivity index (χ0) is 40.5. The highest BCUT2D eigenvalue weighted by atomic mass is 16.7. The Bertz CT molecular complexity index is 1320. The van der Waals surface area contributed by atoms with E-state index in [1.165, 1.54) is 12.8 Å². The summed E-state index contributed by atoms with van der Waals surface area (Å²) in [6.45, 7) is 15.0. The molecule has 0 spiro atoms. The molecule has 1 unspecified atom stereocenters. The molecule has 1 heterocycles. The molecule has 1 aromatic rings. The van der Waals surface area contributed by atoms with Gasteiger partial charge in [0.05, 0.1) is 19.6 Å². The highest BCUT2D eigenvalue weighted by molar-refractivity contribution is 5.70. The first-order chi connectivity index (χ1) is 27.3. The molecule has 10 heteroatoms. The Kier molecular flexibility index (Phi) is 28.2. The van der Waals surface area contributed by atoms with E-state index in [4.69, 9.17) is 23.7 Å². The van der Waals surface area contributed by atoms with E-state index in [0.717, 1.165) is 101 Å². The van der Waals surface area contributed by atoms with Crippen molar-refractivity contribution >= 4 is 18.0 Å². The van der Waals surface area contributed by atoms with Crippen molar-refractivity contribution in [3.63, 3.8) is 0 Å². The number of likely N-dealkylation sites (tertiary alicyclic amines) is 1. The lowest BCUT2D eigenvalue weighted by atomic mass is 10.1. The number of benzene rings is 1. The molecule has 1 aliphatic rings. The summed E-state index contributed by atoms with van der Waals surface area (Å²) in [6, 6.07) is 5.53. The number of alkyl carbamates (subject to hydrolysis) is 1. The lowest BCUT2D eigenvalue weighted by molar-refractivity contribution is -0.158. The second-order valence-electron chi connectivity index (χ2n) is 14.5. The minimum absolute atomic E-state index is 0.0600.